The summed E-state index contributed by atoms with van der Waals surface area (Å²) in [6, 6.07) is 11.8. The number of carbonyl (C=O) groups is 1. The summed E-state index contributed by atoms with van der Waals surface area (Å²) < 4.78 is 9.92. The highest BCUT2D eigenvalue weighted by Gasteiger charge is 2.39. The fourth-order valence-electron chi connectivity index (χ4n) is 3.18. The molecule has 1 amide bonds. The molecule has 2 atom stereocenters. The van der Waals surface area contributed by atoms with Crippen LogP contribution in [0.5, 0.6) is 0 Å². The van der Waals surface area contributed by atoms with E-state index in [1.807, 2.05) is 23.1 Å². The second-order valence-corrected chi connectivity index (χ2v) is 5.64. The smallest absolute Gasteiger partial charge is 0.257 e. The van der Waals surface area contributed by atoms with E-state index in [-0.39, 0.29) is 17.7 Å². The van der Waals surface area contributed by atoms with Crippen molar-refractivity contribution in [2.45, 2.75) is 11.8 Å². The van der Waals surface area contributed by atoms with E-state index in [9.17, 15) is 4.79 Å². The van der Waals surface area contributed by atoms with Gasteiger partial charge in [-0.15, -0.1) is 0 Å². The van der Waals surface area contributed by atoms with Crippen molar-refractivity contribution < 1.29 is 13.7 Å². The molecule has 1 fully saturated rings. The molecule has 0 bridgehead atoms. The minimum Gasteiger partial charge on any atom is -0.472 e. The SMILES string of the molecule is O=C(c1ccoc1)N1C[C@H](c2ncon2)[C@H](c2ccccc2)C1. The van der Waals surface area contributed by atoms with E-state index >= 15 is 0 Å². The van der Waals surface area contributed by atoms with Crippen molar-refractivity contribution in [1.82, 2.24) is 15.0 Å². The number of hydrogen-bond acceptors (Lipinski definition) is 5. The summed E-state index contributed by atoms with van der Waals surface area (Å²) in [5, 5.41) is 3.99. The molecule has 4 rings (SSSR count). The first-order chi connectivity index (χ1) is 11.3. The Hall–Kier alpha value is -2.89. The maximum absolute atomic E-state index is 12.6. The van der Waals surface area contributed by atoms with Crippen molar-refractivity contribution in [2.24, 2.45) is 0 Å². The first-order valence-electron chi connectivity index (χ1n) is 7.45. The Labute approximate surface area is 132 Å². The van der Waals surface area contributed by atoms with E-state index in [0.717, 1.165) is 0 Å². The van der Waals surface area contributed by atoms with Crippen LogP contribution in [-0.4, -0.2) is 34.0 Å². The second kappa shape index (κ2) is 5.72. The molecule has 6 nitrogen and oxygen atoms in total. The summed E-state index contributed by atoms with van der Waals surface area (Å²) in [7, 11) is 0. The first-order valence-corrected chi connectivity index (χ1v) is 7.45. The zero-order valence-corrected chi connectivity index (χ0v) is 12.3. The average Bonchev–Trinajstić information content (AvgIpc) is 3.35. The Balaban J connectivity index is 1.65. The lowest BCUT2D eigenvalue weighted by molar-refractivity contribution is 0.0788. The van der Waals surface area contributed by atoms with Crippen molar-refractivity contribution in [1.29, 1.82) is 0 Å². The molecule has 1 aliphatic heterocycles. The Morgan fingerprint density at radius 3 is 2.65 bits per heavy atom. The van der Waals surface area contributed by atoms with Gasteiger partial charge in [0.25, 0.3) is 5.91 Å². The van der Waals surface area contributed by atoms with Gasteiger partial charge in [-0.05, 0) is 11.6 Å². The number of hydrogen-bond donors (Lipinski definition) is 0. The van der Waals surface area contributed by atoms with Gasteiger partial charge in [-0.2, -0.15) is 4.98 Å². The maximum Gasteiger partial charge on any atom is 0.257 e. The van der Waals surface area contributed by atoms with E-state index in [4.69, 9.17) is 8.94 Å². The van der Waals surface area contributed by atoms with Gasteiger partial charge in [0, 0.05) is 24.9 Å². The lowest BCUT2D eigenvalue weighted by atomic mass is 9.88. The molecular formula is C17H15N3O3. The summed E-state index contributed by atoms with van der Waals surface area (Å²) >= 11 is 0. The molecule has 0 spiro atoms. The average molecular weight is 309 g/mol. The van der Waals surface area contributed by atoms with E-state index in [1.165, 1.54) is 24.5 Å². The third-order valence-corrected chi connectivity index (χ3v) is 4.31. The van der Waals surface area contributed by atoms with Crippen LogP contribution in [-0.2, 0) is 0 Å². The van der Waals surface area contributed by atoms with Gasteiger partial charge in [0.2, 0.25) is 6.39 Å². The van der Waals surface area contributed by atoms with Crippen LogP contribution in [0, 0.1) is 0 Å². The van der Waals surface area contributed by atoms with Crippen LogP contribution in [0.1, 0.15) is 33.6 Å². The van der Waals surface area contributed by atoms with E-state index < -0.39 is 0 Å². The summed E-state index contributed by atoms with van der Waals surface area (Å²) in [6.07, 6.45) is 4.31. The Morgan fingerprint density at radius 1 is 1.13 bits per heavy atom. The molecule has 2 aromatic heterocycles. The highest BCUT2D eigenvalue weighted by Crippen LogP contribution is 2.38. The van der Waals surface area contributed by atoms with Crippen LogP contribution in [0.4, 0.5) is 0 Å². The van der Waals surface area contributed by atoms with E-state index in [2.05, 4.69) is 22.3 Å². The van der Waals surface area contributed by atoms with Gasteiger partial charge < -0.3 is 13.8 Å². The normalized spacial score (nSPS) is 20.8. The number of amides is 1. The van der Waals surface area contributed by atoms with Gasteiger partial charge in [0.05, 0.1) is 11.8 Å². The van der Waals surface area contributed by atoms with Crippen LogP contribution < -0.4 is 0 Å². The molecule has 116 valence electrons. The topological polar surface area (TPSA) is 72.4 Å². The van der Waals surface area contributed by atoms with Gasteiger partial charge in [-0.25, -0.2) is 0 Å². The number of likely N-dealkylation sites (tertiary alicyclic amines) is 1. The van der Waals surface area contributed by atoms with Crippen molar-refractivity contribution >= 4 is 5.91 Å². The molecule has 0 aliphatic carbocycles. The molecule has 0 unspecified atom stereocenters. The van der Waals surface area contributed by atoms with Gasteiger partial charge in [0.15, 0.2) is 5.82 Å². The van der Waals surface area contributed by atoms with Crippen LogP contribution >= 0.6 is 0 Å². The molecule has 0 N–H and O–H groups in total. The minimum atomic E-state index is -0.0364. The first kappa shape index (κ1) is 13.8. The summed E-state index contributed by atoms with van der Waals surface area (Å²) in [6.45, 7) is 1.18. The van der Waals surface area contributed by atoms with E-state index in [1.54, 1.807) is 6.07 Å². The largest absolute Gasteiger partial charge is 0.472 e. The zero-order chi connectivity index (χ0) is 15.6. The van der Waals surface area contributed by atoms with Crippen LogP contribution in [0.15, 0.2) is 64.3 Å². The molecule has 3 heterocycles. The fraction of sp³-hybridized carbons (Fsp3) is 0.235. The predicted molar refractivity (Wildman–Crippen MR) is 80.8 cm³/mol. The van der Waals surface area contributed by atoms with Crippen LogP contribution in [0.25, 0.3) is 0 Å². The van der Waals surface area contributed by atoms with Gasteiger partial charge in [-0.3, -0.25) is 4.79 Å². The molecule has 1 aromatic carbocycles. The van der Waals surface area contributed by atoms with Crippen molar-refractivity contribution in [3.8, 4) is 0 Å². The number of nitrogens with zero attached hydrogens (tertiary/aromatic N) is 3. The van der Waals surface area contributed by atoms with Crippen molar-refractivity contribution in [3.63, 3.8) is 0 Å². The third kappa shape index (κ3) is 2.52. The highest BCUT2D eigenvalue weighted by molar-refractivity contribution is 5.94. The van der Waals surface area contributed by atoms with Crippen molar-refractivity contribution in [3.05, 3.63) is 72.3 Å². The molecule has 1 saturated heterocycles. The molecule has 6 heteroatoms. The minimum absolute atomic E-state index is 0.0204. The maximum atomic E-state index is 12.6. The molecule has 23 heavy (non-hydrogen) atoms. The summed E-state index contributed by atoms with van der Waals surface area (Å²) in [4.78, 5) is 18.6. The number of rotatable bonds is 3. The Bertz CT molecular complexity index is 769. The van der Waals surface area contributed by atoms with Crippen LogP contribution in [0.3, 0.4) is 0 Å². The Morgan fingerprint density at radius 2 is 1.96 bits per heavy atom. The fourth-order valence-corrected chi connectivity index (χ4v) is 3.18. The van der Waals surface area contributed by atoms with Gasteiger partial charge >= 0.3 is 0 Å². The molecule has 3 aromatic rings. The van der Waals surface area contributed by atoms with E-state index in [0.29, 0.717) is 24.5 Å². The van der Waals surface area contributed by atoms with Crippen molar-refractivity contribution in [2.75, 3.05) is 13.1 Å². The third-order valence-electron chi connectivity index (χ3n) is 4.31. The van der Waals surface area contributed by atoms with Crippen LogP contribution in [0.2, 0.25) is 0 Å². The molecule has 0 radical (unpaired) electrons. The monoisotopic (exact) mass is 309 g/mol. The number of furan rings is 1. The number of carbonyl (C=O) groups excluding carboxylic acids is 1. The quantitative estimate of drug-likeness (QED) is 0.744. The molecular weight excluding hydrogens is 294 g/mol. The zero-order valence-electron chi connectivity index (χ0n) is 12.3. The standard InChI is InChI=1S/C17H15N3O3/c21-17(13-6-7-22-10-13)20-8-14(12-4-2-1-3-5-12)15(9-20)16-18-11-23-19-16/h1-7,10-11,14-15H,8-9H2/t14-,15-/m0/s1. The summed E-state index contributed by atoms with van der Waals surface area (Å²) in [5.41, 5.74) is 1.73. The lowest BCUT2D eigenvalue weighted by Gasteiger charge is -2.15. The van der Waals surface area contributed by atoms with Gasteiger partial charge in [0.1, 0.15) is 6.26 Å². The number of benzene rings is 1. The molecule has 0 saturated carbocycles. The molecule has 1 aliphatic rings. The Kier molecular flexibility index (Phi) is 3.42. The van der Waals surface area contributed by atoms with Gasteiger partial charge in [-0.1, -0.05) is 35.5 Å². The number of aromatic nitrogens is 2. The summed E-state index contributed by atoms with van der Waals surface area (Å²) in [5.74, 6) is 0.767. The highest BCUT2D eigenvalue weighted by atomic mass is 16.5. The predicted octanol–water partition coefficient (Wildman–Crippen LogP) is 2.69. The second-order valence-electron chi connectivity index (χ2n) is 5.64. The lowest BCUT2D eigenvalue weighted by Crippen LogP contribution is -2.28.